The van der Waals surface area contributed by atoms with Crippen molar-refractivity contribution in [2.45, 2.75) is 33.9 Å². The van der Waals surface area contributed by atoms with Gasteiger partial charge in [-0.3, -0.25) is 9.59 Å². The minimum absolute atomic E-state index is 0.0908. The average Bonchev–Trinajstić information content (AvgIpc) is 2.35. The second-order valence-corrected chi connectivity index (χ2v) is 6.19. The SMILES string of the molecule is C/C(=C\C(=O)N1CCN(C(=O)C(F)(F)F)CC1)C(C)(C)C. The Kier molecular flexibility index (Phi) is 5.07. The maximum Gasteiger partial charge on any atom is 0.471 e. The molecule has 1 heterocycles. The van der Waals surface area contributed by atoms with Gasteiger partial charge in [0.2, 0.25) is 5.91 Å². The Morgan fingerprint density at radius 3 is 1.76 bits per heavy atom. The van der Waals surface area contributed by atoms with Crippen molar-refractivity contribution < 1.29 is 22.8 Å². The Morgan fingerprint density at radius 1 is 0.952 bits per heavy atom. The number of carbonyl (C=O) groups excluding carboxylic acids is 2. The van der Waals surface area contributed by atoms with E-state index in [1.807, 2.05) is 27.7 Å². The van der Waals surface area contributed by atoms with Crippen LogP contribution in [0, 0.1) is 5.41 Å². The van der Waals surface area contributed by atoms with Crippen molar-refractivity contribution in [3.8, 4) is 0 Å². The van der Waals surface area contributed by atoms with E-state index in [1.54, 1.807) is 0 Å². The number of halogens is 3. The maximum atomic E-state index is 12.3. The summed E-state index contributed by atoms with van der Waals surface area (Å²) in [6.07, 6.45) is -3.34. The van der Waals surface area contributed by atoms with Crippen LogP contribution >= 0.6 is 0 Å². The number of hydrogen-bond acceptors (Lipinski definition) is 2. The van der Waals surface area contributed by atoms with E-state index in [0.717, 1.165) is 10.5 Å². The predicted octanol–water partition coefficient (Wildman–Crippen LogP) is 2.21. The summed E-state index contributed by atoms with van der Waals surface area (Å²) in [5.41, 5.74) is 0.769. The van der Waals surface area contributed by atoms with Gasteiger partial charge in [-0.05, 0) is 12.3 Å². The van der Waals surface area contributed by atoms with Crippen LogP contribution in [0.25, 0.3) is 0 Å². The molecule has 21 heavy (non-hydrogen) atoms. The summed E-state index contributed by atoms with van der Waals surface area (Å²) in [5, 5.41) is 0. The molecule has 7 heteroatoms. The zero-order valence-electron chi connectivity index (χ0n) is 12.8. The highest BCUT2D eigenvalue weighted by Crippen LogP contribution is 2.24. The van der Waals surface area contributed by atoms with Gasteiger partial charge in [0.05, 0.1) is 0 Å². The molecule has 1 aliphatic rings. The third-order valence-corrected chi connectivity index (χ3v) is 3.64. The number of carbonyl (C=O) groups is 2. The Morgan fingerprint density at radius 2 is 1.38 bits per heavy atom. The molecule has 0 aromatic heterocycles. The molecule has 0 atom stereocenters. The Bertz CT molecular complexity index is 442. The molecule has 0 spiro atoms. The molecule has 1 aliphatic heterocycles. The summed E-state index contributed by atoms with van der Waals surface area (Å²) < 4.78 is 36.9. The average molecular weight is 306 g/mol. The monoisotopic (exact) mass is 306 g/mol. The molecule has 0 saturated carbocycles. The molecular formula is C14H21F3N2O2. The lowest BCUT2D eigenvalue weighted by Crippen LogP contribution is -2.53. The number of allylic oxidation sites excluding steroid dienone is 1. The first kappa shape index (κ1) is 17.5. The van der Waals surface area contributed by atoms with Gasteiger partial charge >= 0.3 is 12.1 Å². The number of nitrogens with zero attached hydrogens (tertiary/aromatic N) is 2. The quantitative estimate of drug-likeness (QED) is 0.697. The van der Waals surface area contributed by atoms with Crippen LogP contribution in [0.1, 0.15) is 27.7 Å². The standard InChI is InChI=1S/C14H21F3N2O2/c1-10(13(2,3)4)9-11(20)18-5-7-19(8-6-18)12(21)14(15,16)17/h9H,5-8H2,1-4H3/b10-9+. The molecule has 0 bridgehead atoms. The van der Waals surface area contributed by atoms with Crippen LogP contribution < -0.4 is 0 Å². The summed E-state index contributed by atoms with van der Waals surface area (Å²) >= 11 is 0. The largest absolute Gasteiger partial charge is 0.471 e. The van der Waals surface area contributed by atoms with E-state index in [2.05, 4.69) is 0 Å². The summed E-state index contributed by atoms with van der Waals surface area (Å²) in [5.74, 6) is -2.06. The first-order valence-electron chi connectivity index (χ1n) is 6.76. The van der Waals surface area contributed by atoms with Gasteiger partial charge in [0, 0.05) is 32.3 Å². The van der Waals surface area contributed by atoms with Crippen LogP contribution in [0.3, 0.4) is 0 Å². The van der Waals surface area contributed by atoms with Crippen LogP contribution in [0.2, 0.25) is 0 Å². The summed E-state index contributed by atoms with van der Waals surface area (Å²) in [4.78, 5) is 25.4. The van der Waals surface area contributed by atoms with Crippen molar-refractivity contribution >= 4 is 11.8 Å². The molecule has 0 radical (unpaired) electrons. The minimum atomic E-state index is -4.85. The molecule has 1 fully saturated rings. The van der Waals surface area contributed by atoms with Gasteiger partial charge in [-0.15, -0.1) is 0 Å². The molecule has 1 saturated heterocycles. The highest BCUT2D eigenvalue weighted by atomic mass is 19.4. The highest BCUT2D eigenvalue weighted by molar-refractivity contribution is 5.89. The molecule has 0 unspecified atom stereocenters. The summed E-state index contributed by atoms with van der Waals surface area (Å²) in [6.45, 7) is 7.84. The third-order valence-electron chi connectivity index (χ3n) is 3.64. The molecule has 1 rings (SSSR count). The molecule has 0 aromatic rings. The van der Waals surface area contributed by atoms with Crippen molar-refractivity contribution in [3.63, 3.8) is 0 Å². The third kappa shape index (κ3) is 4.75. The second kappa shape index (κ2) is 6.07. The zero-order chi connectivity index (χ0) is 16.4. The van der Waals surface area contributed by atoms with Crippen LogP contribution in [-0.2, 0) is 9.59 Å². The zero-order valence-corrected chi connectivity index (χ0v) is 12.8. The minimum Gasteiger partial charge on any atom is -0.336 e. The van der Waals surface area contributed by atoms with Gasteiger partial charge in [-0.25, -0.2) is 0 Å². The van der Waals surface area contributed by atoms with Crippen molar-refractivity contribution in [1.82, 2.24) is 9.80 Å². The second-order valence-electron chi connectivity index (χ2n) is 6.19. The topological polar surface area (TPSA) is 40.6 Å². The molecule has 4 nitrogen and oxygen atoms in total. The number of alkyl halides is 3. The molecular weight excluding hydrogens is 285 g/mol. The molecule has 2 amide bonds. The van der Waals surface area contributed by atoms with E-state index in [9.17, 15) is 22.8 Å². The predicted molar refractivity (Wildman–Crippen MR) is 72.4 cm³/mol. The van der Waals surface area contributed by atoms with Crippen LogP contribution in [0.4, 0.5) is 13.2 Å². The van der Waals surface area contributed by atoms with E-state index in [-0.39, 0.29) is 37.5 Å². The molecule has 0 N–H and O–H groups in total. The molecule has 0 aliphatic carbocycles. The number of hydrogen-bond donors (Lipinski definition) is 0. The van der Waals surface area contributed by atoms with Gasteiger partial charge in [-0.1, -0.05) is 26.3 Å². The van der Waals surface area contributed by atoms with E-state index in [4.69, 9.17) is 0 Å². The van der Waals surface area contributed by atoms with Crippen LogP contribution in [0.15, 0.2) is 11.6 Å². The fourth-order valence-corrected chi connectivity index (χ4v) is 1.80. The summed E-state index contributed by atoms with van der Waals surface area (Å²) in [7, 11) is 0. The van der Waals surface area contributed by atoms with E-state index in [1.165, 1.54) is 11.0 Å². The highest BCUT2D eigenvalue weighted by Gasteiger charge is 2.43. The van der Waals surface area contributed by atoms with Gasteiger partial charge in [0.1, 0.15) is 0 Å². The summed E-state index contributed by atoms with van der Waals surface area (Å²) in [6, 6.07) is 0. The smallest absolute Gasteiger partial charge is 0.336 e. The van der Waals surface area contributed by atoms with E-state index < -0.39 is 12.1 Å². The Labute approximate surface area is 122 Å². The fraction of sp³-hybridized carbons (Fsp3) is 0.714. The van der Waals surface area contributed by atoms with Crippen molar-refractivity contribution in [1.29, 1.82) is 0 Å². The number of amides is 2. The Balaban J connectivity index is 2.62. The van der Waals surface area contributed by atoms with Crippen molar-refractivity contribution in [2.75, 3.05) is 26.2 Å². The van der Waals surface area contributed by atoms with Crippen molar-refractivity contribution in [2.24, 2.45) is 5.41 Å². The lowest BCUT2D eigenvalue weighted by molar-refractivity contribution is -0.187. The van der Waals surface area contributed by atoms with Gasteiger partial charge in [0.25, 0.3) is 0 Å². The first-order valence-corrected chi connectivity index (χ1v) is 6.76. The molecule has 0 aromatic carbocycles. The van der Waals surface area contributed by atoms with Gasteiger partial charge in [-0.2, -0.15) is 13.2 Å². The number of piperazine rings is 1. The number of rotatable bonds is 1. The lowest BCUT2D eigenvalue weighted by Gasteiger charge is -2.34. The van der Waals surface area contributed by atoms with Gasteiger partial charge < -0.3 is 9.80 Å². The molecule has 120 valence electrons. The normalized spacial score (nSPS) is 18.0. The lowest BCUT2D eigenvalue weighted by atomic mass is 9.87. The van der Waals surface area contributed by atoms with Crippen LogP contribution in [-0.4, -0.2) is 54.0 Å². The van der Waals surface area contributed by atoms with Crippen LogP contribution in [0.5, 0.6) is 0 Å². The fourth-order valence-electron chi connectivity index (χ4n) is 1.80. The van der Waals surface area contributed by atoms with Crippen molar-refractivity contribution in [3.05, 3.63) is 11.6 Å². The van der Waals surface area contributed by atoms with Gasteiger partial charge in [0.15, 0.2) is 0 Å². The van der Waals surface area contributed by atoms with E-state index in [0.29, 0.717) is 0 Å². The maximum absolute atomic E-state index is 12.3. The van der Waals surface area contributed by atoms with E-state index >= 15 is 0 Å². The Hall–Kier alpha value is -1.53. The first-order chi connectivity index (χ1) is 9.43.